The van der Waals surface area contributed by atoms with Crippen molar-refractivity contribution in [2.45, 2.75) is 19.6 Å². The van der Waals surface area contributed by atoms with Crippen LogP contribution in [0.3, 0.4) is 0 Å². The lowest BCUT2D eigenvalue weighted by molar-refractivity contribution is 0.190. The zero-order chi connectivity index (χ0) is 14.5. The highest BCUT2D eigenvalue weighted by Gasteiger charge is 2.15. The molecule has 2 aromatic rings. The van der Waals surface area contributed by atoms with Crippen LogP contribution in [0.1, 0.15) is 24.2 Å². The molecular weight excluding hydrogens is 256 g/mol. The van der Waals surface area contributed by atoms with Crippen molar-refractivity contribution >= 4 is 0 Å². The zero-order valence-electron chi connectivity index (χ0n) is 11.5. The molecule has 0 aliphatic heterocycles. The van der Waals surface area contributed by atoms with E-state index in [4.69, 9.17) is 14.6 Å². The number of ether oxygens (including phenoxy) is 2. The van der Waals surface area contributed by atoms with Crippen LogP contribution in [-0.4, -0.2) is 17.3 Å². The second-order valence-electron chi connectivity index (χ2n) is 4.45. The average molecular weight is 274 g/mol. The second kappa shape index (κ2) is 6.41. The highest BCUT2D eigenvalue weighted by molar-refractivity contribution is 5.48. The summed E-state index contributed by atoms with van der Waals surface area (Å²) in [4.78, 5) is 0. The summed E-state index contributed by atoms with van der Waals surface area (Å²) in [5.74, 6) is 1.78. The molecule has 2 rings (SSSR count). The van der Waals surface area contributed by atoms with E-state index >= 15 is 0 Å². The first kappa shape index (κ1) is 14.4. The van der Waals surface area contributed by atoms with Gasteiger partial charge in [0.05, 0.1) is 25.4 Å². The van der Waals surface area contributed by atoms with Crippen LogP contribution in [0, 0.1) is 0 Å². The lowest BCUT2D eigenvalue weighted by Crippen LogP contribution is -2.00. The average Bonchev–Trinajstić information content (AvgIpc) is 2.47. The van der Waals surface area contributed by atoms with E-state index in [9.17, 15) is 5.11 Å². The van der Waals surface area contributed by atoms with Crippen molar-refractivity contribution in [1.29, 1.82) is 0 Å². The lowest BCUT2D eigenvalue weighted by atomic mass is 10.1. The van der Waals surface area contributed by atoms with E-state index in [2.05, 4.69) is 0 Å². The summed E-state index contributed by atoms with van der Waals surface area (Å²) in [5, 5.41) is 18.9. The van der Waals surface area contributed by atoms with Gasteiger partial charge in [0.25, 0.3) is 0 Å². The Hall–Kier alpha value is -2.04. The molecule has 106 valence electrons. The molecule has 0 spiro atoms. The van der Waals surface area contributed by atoms with E-state index in [-0.39, 0.29) is 6.61 Å². The zero-order valence-corrected chi connectivity index (χ0v) is 11.5. The Balaban J connectivity index is 2.32. The van der Waals surface area contributed by atoms with Gasteiger partial charge in [-0.25, -0.2) is 0 Å². The fourth-order valence-corrected chi connectivity index (χ4v) is 1.99. The topological polar surface area (TPSA) is 58.9 Å². The van der Waals surface area contributed by atoms with Crippen molar-refractivity contribution in [1.82, 2.24) is 0 Å². The van der Waals surface area contributed by atoms with Gasteiger partial charge in [-0.05, 0) is 36.8 Å². The smallest absolute Gasteiger partial charge is 0.136 e. The Morgan fingerprint density at radius 2 is 1.70 bits per heavy atom. The number of rotatable bonds is 5. The Kier molecular flexibility index (Phi) is 4.61. The maximum atomic E-state index is 9.88. The third kappa shape index (κ3) is 3.10. The van der Waals surface area contributed by atoms with Crippen molar-refractivity contribution in [3.8, 4) is 17.2 Å². The molecule has 0 radical (unpaired) electrons. The number of aliphatic hydroxyl groups excluding tert-OH is 2. The summed E-state index contributed by atoms with van der Waals surface area (Å²) in [5.41, 5.74) is 1.43. The van der Waals surface area contributed by atoms with Gasteiger partial charge in [0.2, 0.25) is 0 Å². The number of hydrogen-bond acceptors (Lipinski definition) is 4. The molecule has 0 aromatic heterocycles. The Labute approximate surface area is 118 Å². The molecule has 0 aliphatic rings. The van der Waals surface area contributed by atoms with Crippen LogP contribution in [0.5, 0.6) is 17.2 Å². The number of methoxy groups -OCH3 is 1. The van der Waals surface area contributed by atoms with Gasteiger partial charge in [-0.2, -0.15) is 0 Å². The third-order valence-electron chi connectivity index (χ3n) is 3.00. The molecule has 2 N–H and O–H groups in total. The van der Waals surface area contributed by atoms with Gasteiger partial charge >= 0.3 is 0 Å². The molecule has 1 atom stereocenters. The Morgan fingerprint density at radius 1 is 1.05 bits per heavy atom. The van der Waals surface area contributed by atoms with E-state index in [1.54, 1.807) is 50.4 Å². The van der Waals surface area contributed by atoms with Crippen LogP contribution < -0.4 is 9.47 Å². The summed E-state index contributed by atoms with van der Waals surface area (Å²) in [6.45, 7) is 1.66. The first-order valence-electron chi connectivity index (χ1n) is 6.38. The first-order chi connectivity index (χ1) is 9.65. The van der Waals surface area contributed by atoms with Gasteiger partial charge < -0.3 is 19.7 Å². The van der Waals surface area contributed by atoms with E-state index < -0.39 is 6.10 Å². The van der Waals surface area contributed by atoms with Gasteiger partial charge in [-0.15, -0.1) is 0 Å². The van der Waals surface area contributed by atoms with Gasteiger partial charge in [-0.1, -0.05) is 18.2 Å². The second-order valence-corrected chi connectivity index (χ2v) is 4.45. The van der Waals surface area contributed by atoms with E-state index in [1.807, 2.05) is 6.07 Å². The van der Waals surface area contributed by atoms with Crippen molar-refractivity contribution in [2.24, 2.45) is 0 Å². The summed E-state index contributed by atoms with van der Waals surface area (Å²) >= 11 is 0. The quantitative estimate of drug-likeness (QED) is 0.880. The predicted octanol–water partition coefficient (Wildman–Crippen LogP) is 3.03. The van der Waals surface area contributed by atoms with Gasteiger partial charge in [-0.3, -0.25) is 0 Å². The largest absolute Gasteiger partial charge is 0.496 e. The van der Waals surface area contributed by atoms with Crippen LogP contribution in [0.2, 0.25) is 0 Å². The fourth-order valence-electron chi connectivity index (χ4n) is 1.99. The third-order valence-corrected chi connectivity index (χ3v) is 3.00. The maximum Gasteiger partial charge on any atom is 0.136 e. The van der Waals surface area contributed by atoms with Gasteiger partial charge in [0.15, 0.2) is 0 Å². The summed E-state index contributed by atoms with van der Waals surface area (Å²) in [7, 11) is 1.56. The summed E-state index contributed by atoms with van der Waals surface area (Å²) < 4.78 is 11.0. The molecule has 0 saturated heterocycles. The molecular formula is C16H18O4. The first-order valence-corrected chi connectivity index (χ1v) is 6.38. The van der Waals surface area contributed by atoms with E-state index in [0.29, 0.717) is 22.8 Å². The normalized spacial score (nSPS) is 12.0. The van der Waals surface area contributed by atoms with Crippen LogP contribution in [0.15, 0.2) is 42.5 Å². The molecule has 0 heterocycles. The van der Waals surface area contributed by atoms with Crippen LogP contribution in [0.4, 0.5) is 0 Å². The summed E-state index contributed by atoms with van der Waals surface area (Å²) in [6.07, 6.45) is -0.696. The summed E-state index contributed by atoms with van der Waals surface area (Å²) in [6, 6.07) is 12.5. The minimum atomic E-state index is -0.696. The monoisotopic (exact) mass is 274 g/mol. The van der Waals surface area contributed by atoms with E-state index in [1.165, 1.54) is 0 Å². The number of aliphatic hydroxyl groups is 2. The highest BCUT2D eigenvalue weighted by atomic mass is 16.5. The standard InChI is InChI=1S/C16H18O4/c1-11(18)16-14(19-2)4-3-5-15(16)20-13-8-6-12(10-17)7-9-13/h3-9,11,17-18H,10H2,1-2H3. The van der Waals surface area contributed by atoms with Crippen LogP contribution in [-0.2, 0) is 6.61 Å². The Bertz CT molecular complexity index is 561. The molecule has 0 amide bonds. The molecule has 20 heavy (non-hydrogen) atoms. The number of benzene rings is 2. The minimum Gasteiger partial charge on any atom is -0.496 e. The Morgan fingerprint density at radius 3 is 2.25 bits per heavy atom. The molecule has 0 aliphatic carbocycles. The van der Waals surface area contributed by atoms with Crippen LogP contribution in [0.25, 0.3) is 0 Å². The lowest BCUT2D eigenvalue weighted by Gasteiger charge is -2.16. The van der Waals surface area contributed by atoms with E-state index in [0.717, 1.165) is 5.56 Å². The molecule has 1 unspecified atom stereocenters. The molecule has 0 saturated carbocycles. The highest BCUT2D eigenvalue weighted by Crippen LogP contribution is 2.36. The molecule has 0 bridgehead atoms. The van der Waals surface area contributed by atoms with Crippen molar-refractivity contribution in [3.05, 3.63) is 53.6 Å². The van der Waals surface area contributed by atoms with Crippen LogP contribution >= 0.6 is 0 Å². The maximum absolute atomic E-state index is 9.88. The molecule has 4 heteroatoms. The van der Waals surface area contributed by atoms with Crippen molar-refractivity contribution in [2.75, 3.05) is 7.11 Å². The molecule has 2 aromatic carbocycles. The van der Waals surface area contributed by atoms with Gasteiger partial charge in [0, 0.05) is 0 Å². The van der Waals surface area contributed by atoms with Crippen molar-refractivity contribution < 1.29 is 19.7 Å². The predicted molar refractivity (Wildman–Crippen MR) is 76.1 cm³/mol. The SMILES string of the molecule is COc1cccc(Oc2ccc(CO)cc2)c1C(C)O. The number of hydrogen-bond donors (Lipinski definition) is 2. The molecule has 0 fully saturated rings. The fraction of sp³-hybridized carbons (Fsp3) is 0.250. The van der Waals surface area contributed by atoms with Gasteiger partial charge in [0.1, 0.15) is 17.2 Å². The molecule has 4 nitrogen and oxygen atoms in total. The minimum absolute atomic E-state index is 0.00162. The van der Waals surface area contributed by atoms with Crippen molar-refractivity contribution in [3.63, 3.8) is 0 Å².